The van der Waals surface area contributed by atoms with Crippen LogP contribution in [0, 0.1) is 5.92 Å². The first-order valence-electron chi connectivity index (χ1n) is 13.1. The topological polar surface area (TPSA) is 117 Å². The number of phenols is 1. The molecule has 2 atom stereocenters. The fraction of sp³-hybridized carbons (Fsp3) is 0.500. The number of rotatable bonds is 9. The maximum absolute atomic E-state index is 14.3. The van der Waals surface area contributed by atoms with Gasteiger partial charge in [-0.3, -0.25) is 9.59 Å². The van der Waals surface area contributed by atoms with Gasteiger partial charge < -0.3 is 30.1 Å². The highest BCUT2D eigenvalue weighted by Gasteiger charge is 2.42. The van der Waals surface area contributed by atoms with Crippen molar-refractivity contribution in [3.8, 4) is 11.5 Å². The van der Waals surface area contributed by atoms with E-state index in [-0.39, 0.29) is 11.7 Å². The maximum Gasteiger partial charge on any atom is 0.408 e. The first kappa shape index (κ1) is 31.5. The predicted octanol–water partition coefficient (Wildman–Crippen LogP) is 5.65. The van der Waals surface area contributed by atoms with Crippen molar-refractivity contribution in [2.24, 2.45) is 5.92 Å². The number of anilines is 1. The van der Waals surface area contributed by atoms with E-state index in [1.54, 1.807) is 64.3 Å². The number of hydrogen-bond acceptors (Lipinski definition) is 6. The van der Waals surface area contributed by atoms with Gasteiger partial charge in [-0.2, -0.15) is 0 Å². The highest BCUT2D eigenvalue weighted by Crippen LogP contribution is 2.33. The van der Waals surface area contributed by atoms with Crippen LogP contribution in [0.2, 0.25) is 0 Å². The molecule has 214 valence electrons. The van der Waals surface area contributed by atoms with Crippen molar-refractivity contribution in [3.63, 3.8) is 0 Å². The number of alkyl carbamates (subject to hydrolysis) is 1. The van der Waals surface area contributed by atoms with Gasteiger partial charge in [0.05, 0.1) is 7.11 Å². The van der Waals surface area contributed by atoms with E-state index in [9.17, 15) is 19.5 Å². The van der Waals surface area contributed by atoms with Gasteiger partial charge in [0.2, 0.25) is 5.91 Å². The molecule has 2 rings (SSSR count). The van der Waals surface area contributed by atoms with Gasteiger partial charge in [0, 0.05) is 11.2 Å². The minimum Gasteiger partial charge on any atom is -0.508 e. The molecule has 0 spiro atoms. The fourth-order valence-electron chi connectivity index (χ4n) is 4.15. The molecule has 9 heteroatoms. The Balaban J connectivity index is 2.57. The number of phenolic OH excluding ortho intramolecular Hbond substituents is 1. The quantitative estimate of drug-likeness (QED) is 0.378. The molecule has 2 aromatic rings. The summed E-state index contributed by atoms with van der Waals surface area (Å²) in [5.74, 6) is -0.270. The molecule has 3 N–H and O–H groups in total. The molecule has 0 aliphatic heterocycles. The van der Waals surface area contributed by atoms with Crippen molar-refractivity contribution >= 4 is 23.6 Å². The van der Waals surface area contributed by atoms with Crippen molar-refractivity contribution < 1.29 is 29.0 Å². The number of benzene rings is 2. The summed E-state index contributed by atoms with van der Waals surface area (Å²) in [6.07, 6.45) is -0.385. The summed E-state index contributed by atoms with van der Waals surface area (Å²) in [7, 11) is 1.55. The summed E-state index contributed by atoms with van der Waals surface area (Å²) in [5, 5.41) is 15.9. The predicted molar refractivity (Wildman–Crippen MR) is 152 cm³/mol. The molecule has 3 amide bonds. The second kappa shape index (κ2) is 12.9. The number of amides is 3. The standard InChI is InChI=1S/C30H43N3O6/c1-19(2)17-24(32-28(37)39-30(6,7)8)27(36)33(29(3,4)5)25(20-11-10-12-22(34)18-20)26(35)31-21-13-15-23(38-9)16-14-21/h10-16,18-19,24-25,34H,17H2,1-9H3,(H,31,35)(H,32,37). The summed E-state index contributed by atoms with van der Waals surface area (Å²) >= 11 is 0. The monoisotopic (exact) mass is 541 g/mol. The van der Waals surface area contributed by atoms with Gasteiger partial charge >= 0.3 is 6.09 Å². The van der Waals surface area contributed by atoms with E-state index in [0.717, 1.165) is 0 Å². The van der Waals surface area contributed by atoms with Crippen molar-refractivity contribution in [3.05, 3.63) is 54.1 Å². The number of aromatic hydroxyl groups is 1. The number of ether oxygens (including phenoxy) is 2. The average molecular weight is 542 g/mol. The van der Waals surface area contributed by atoms with E-state index in [4.69, 9.17) is 9.47 Å². The molecule has 2 aromatic carbocycles. The van der Waals surface area contributed by atoms with Crippen LogP contribution in [0.3, 0.4) is 0 Å². The highest BCUT2D eigenvalue weighted by atomic mass is 16.6. The largest absolute Gasteiger partial charge is 0.508 e. The summed E-state index contributed by atoms with van der Waals surface area (Å²) in [5.41, 5.74) is -0.667. The first-order valence-corrected chi connectivity index (χ1v) is 13.1. The third-order valence-corrected chi connectivity index (χ3v) is 5.71. The lowest BCUT2D eigenvalue weighted by Crippen LogP contribution is -2.58. The van der Waals surface area contributed by atoms with E-state index in [2.05, 4.69) is 10.6 Å². The molecular weight excluding hydrogens is 498 g/mol. The van der Waals surface area contributed by atoms with Crippen molar-refractivity contribution in [2.75, 3.05) is 12.4 Å². The minimum atomic E-state index is -1.12. The van der Waals surface area contributed by atoms with E-state index in [0.29, 0.717) is 23.4 Å². The Labute approximate surface area is 231 Å². The Hall–Kier alpha value is -3.75. The van der Waals surface area contributed by atoms with E-state index >= 15 is 0 Å². The molecule has 0 saturated heterocycles. The molecule has 0 bridgehead atoms. The minimum absolute atomic E-state index is 0.0401. The van der Waals surface area contributed by atoms with Crippen LogP contribution in [0.15, 0.2) is 48.5 Å². The molecule has 39 heavy (non-hydrogen) atoms. The van der Waals surface area contributed by atoms with Crippen molar-refractivity contribution in [2.45, 2.75) is 85.0 Å². The zero-order valence-corrected chi connectivity index (χ0v) is 24.5. The lowest BCUT2D eigenvalue weighted by atomic mass is 9.93. The van der Waals surface area contributed by atoms with E-state index < -0.39 is 41.1 Å². The summed E-state index contributed by atoms with van der Waals surface area (Å²) in [6, 6.07) is 11.0. The van der Waals surface area contributed by atoms with Crippen LogP contribution in [-0.2, 0) is 14.3 Å². The zero-order chi connectivity index (χ0) is 29.5. The first-order chi connectivity index (χ1) is 18.0. The van der Waals surface area contributed by atoms with Gasteiger partial charge in [-0.25, -0.2) is 4.79 Å². The number of carbonyl (C=O) groups is 3. The van der Waals surface area contributed by atoms with Crippen LogP contribution >= 0.6 is 0 Å². The Morgan fingerprint density at radius 3 is 2.08 bits per heavy atom. The number of carbonyl (C=O) groups excluding carboxylic acids is 3. The normalized spacial score (nSPS) is 13.3. The number of methoxy groups -OCH3 is 1. The lowest BCUT2D eigenvalue weighted by molar-refractivity contribution is -0.147. The second-order valence-corrected chi connectivity index (χ2v) is 11.9. The molecule has 0 fully saturated rings. The van der Waals surface area contributed by atoms with Crippen LogP contribution in [0.4, 0.5) is 10.5 Å². The molecule has 2 unspecified atom stereocenters. The lowest BCUT2D eigenvalue weighted by Gasteiger charge is -2.43. The highest BCUT2D eigenvalue weighted by molar-refractivity contribution is 5.99. The van der Waals surface area contributed by atoms with Crippen molar-refractivity contribution in [1.29, 1.82) is 0 Å². The third kappa shape index (κ3) is 9.50. The Morgan fingerprint density at radius 2 is 1.59 bits per heavy atom. The molecule has 0 radical (unpaired) electrons. The van der Waals surface area contributed by atoms with Crippen LogP contribution in [-0.4, -0.2) is 52.2 Å². The van der Waals surface area contributed by atoms with Gasteiger partial charge in [-0.15, -0.1) is 0 Å². The third-order valence-electron chi connectivity index (χ3n) is 5.71. The van der Waals surface area contributed by atoms with Gasteiger partial charge in [0.1, 0.15) is 29.2 Å². The van der Waals surface area contributed by atoms with Crippen LogP contribution in [0.1, 0.15) is 73.4 Å². The van der Waals surface area contributed by atoms with Crippen LogP contribution in [0.5, 0.6) is 11.5 Å². The number of nitrogens with zero attached hydrogens (tertiary/aromatic N) is 1. The van der Waals surface area contributed by atoms with E-state index in [1.165, 1.54) is 17.0 Å². The van der Waals surface area contributed by atoms with Gasteiger partial charge in [0.15, 0.2) is 0 Å². The molecular formula is C30H43N3O6. The van der Waals surface area contributed by atoms with Gasteiger partial charge in [0.25, 0.3) is 5.91 Å². The molecule has 0 aliphatic carbocycles. The summed E-state index contributed by atoms with van der Waals surface area (Å²) in [6.45, 7) is 14.6. The Kier molecular flexibility index (Phi) is 10.4. The van der Waals surface area contributed by atoms with Crippen LogP contribution < -0.4 is 15.4 Å². The SMILES string of the molecule is COc1ccc(NC(=O)C(c2cccc(O)c2)N(C(=O)C(CC(C)C)NC(=O)OC(C)(C)C)C(C)(C)C)cc1. The molecule has 9 nitrogen and oxygen atoms in total. The Morgan fingerprint density at radius 1 is 0.974 bits per heavy atom. The summed E-state index contributed by atoms with van der Waals surface area (Å²) in [4.78, 5) is 42.3. The number of nitrogens with one attached hydrogen (secondary N) is 2. The van der Waals surface area contributed by atoms with Crippen LogP contribution in [0.25, 0.3) is 0 Å². The van der Waals surface area contributed by atoms with E-state index in [1.807, 2.05) is 34.6 Å². The van der Waals surface area contributed by atoms with Gasteiger partial charge in [-0.05, 0) is 95.8 Å². The Bertz CT molecular complexity index is 1130. The zero-order valence-electron chi connectivity index (χ0n) is 24.5. The number of hydrogen-bond donors (Lipinski definition) is 3. The van der Waals surface area contributed by atoms with Gasteiger partial charge in [-0.1, -0.05) is 26.0 Å². The summed E-state index contributed by atoms with van der Waals surface area (Å²) < 4.78 is 10.6. The smallest absolute Gasteiger partial charge is 0.408 e. The second-order valence-electron chi connectivity index (χ2n) is 11.9. The fourth-order valence-corrected chi connectivity index (χ4v) is 4.15. The average Bonchev–Trinajstić information content (AvgIpc) is 2.79. The molecule has 0 aliphatic rings. The molecule has 0 saturated carbocycles. The molecule has 0 heterocycles. The van der Waals surface area contributed by atoms with Crippen molar-refractivity contribution in [1.82, 2.24) is 10.2 Å². The molecule has 0 aromatic heterocycles. The maximum atomic E-state index is 14.3.